The summed E-state index contributed by atoms with van der Waals surface area (Å²) in [6, 6.07) is 0.351. The van der Waals surface area contributed by atoms with Gasteiger partial charge in [-0.15, -0.1) is 10.5 Å². The van der Waals surface area contributed by atoms with Gasteiger partial charge >= 0.3 is 0 Å². The number of amides is 1. The van der Waals surface area contributed by atoms with E-state index in [-0.39, 0.29) is 5.91 Å². The summed E-state index contributed by atoms with van der Waals surface area (Å²) in [5, 5.41) is 13.7. The average Bonchev–Trinajstić information content (AvgIpc) is 2.83. The van der Waals surface area contributed by atoms with Crippen molar-refractivity contribution in [3.05, 3.63) is 11.9 Å². The van der Waals surface area contributed by atoms with Crippen LogP contribution in [-0.2, 0) is 4.79 Å². The van der Waals surface area contributed by atoms with Gasteiger partial charge in [-0.05, 0) is 44.0 Å². The molecule has 1 fully saturated rings. The highest BCUT2D eigenvalue weighted by atomic mass is 16.1. The lowest BCUT2D eigenvalue weighted by Crippen LogP contribution is -2.42. The SMILES string of the molecule is O=C(CCCC1=C[N]N=N1)NC1CCNCC1. The van der Waals surface area contributed by atoms with Crippen molar-refractivity contribution < 1.29 is 4.79 Å². The van der Waals surface area contributed by atoms with Crippen LogP contribution in [0, 0.1) is 0 Å². The lowest BCUT2D eigenvalue weighted by Gasteiger charge is -2.23. The molecule has 0 aromatic rings. The Bertz CT molecular complexity index is 320. The fourth-order valence-electron chi connectivity index (χ4n) is 2.01. The number of piperidine rings is 1. The molecule has 93 valence electrons. The van der Waals surface area contributed by atoms with E-state index in [2.05, 4.69) is 26.4 Å². The van der Waals surface area contributed by atoms with Crippen LogP contribution in [0.25, 0.3) is 0 Å². The topological polar surface area (TPSA) is 80.0 Å². The summed E-state index contributed by atoms with van der Waals surface area (Å²) in [5.41, 5.74) is 4.51. The van der Waals surface area contributed by atoms with Gasteiger partial charge in [-0.25, -0.2) is 0 Å². The average molecular weight is 236 g/mol. The minimum atomic E-state index is 0.143. The summed E-state index contributed by atoms with van der Waals surface area (Å²) in [7, 11) is 0. The molecule has 0 atom stereocenters. The summed E-state index contributed by atoms with van der Waals surface area (Å²) >= 11 is 0. The van der Waals surface area contributed by atoms with Crippen LogP contribution in [0.3, 0.4) is 0 Å². The zero-order valence-corrected chi connectivity index (χ0v) is 9.85. The number of hydrogen-bond acceptors (Lipinski definition) is 4. The summed E-state index contributed by atoms with van der Waals surface area (Å²) < 4.78 is 0. The third-order valence-electron chi connectivity index (χ3n) is 2.97. The van der Waals surface area contributed by atoms with Crippen molar-refractivity contribution in [1.29, 1.82) is 0 Å². The van der Waals surface area contributed by atoms with E-state index in [1.807, 2.05) is 0 Å². The molecular formula is C11H18N5O. The van der Waals surface area contributed by atoms with Gasteiger partial charge in [-0.2, -0.15) is 0 Å². The van der Waals surface area contributed by atoms with E-state index in [0.29, 0.717) is 12.5 Å². The normalized spacial score (nSPS) is 19.9. The maximum Gasteiger partial charge on any atom is 0.220 e. The molecular weight excluding hydrogens is 218 g/mol. The van der Waals surface area contributed by atoms with Crippen LogP contribution in [0.2, 0.25) is 0 Å². The molecule has 2 heterocycles. The Morgan fingerprint density at radius 1 is 1.47 bits per heavy atom. The zero-order chi connectivity index (χ0) is 11.9. The maximum absolute atomic E-state index is 11.7. The number of carbonyl (C=O) groups is 1. The first-order valence-electron chi connectivity index (χ1n) is 6.14. The van der Waals surface area contributed by atoms with Crippen LogP contribution < -0.4 is 16.1 Å². The van der Waals surface area contributed by atoms with E-state index in [0.717, 1.165) is 44.5 Å². The predicted molar refractivity (Wildman–Crippen MR) is 63.0 cm³/mol. The molecule has 0 aromatic carbocycles. The van der Waals surface area contributed by atoms with Gasteiger partial charge in [-0.1, -0.05) is 0 Å². The molecule has 1 saturated heterocycles. The van der Waals surface area contributed by atoms with Crippen molar-refractivity contribution in [2.45, 2.75) is 38.1 Å². The van der Waals surface area contributed by atoms with Crippen molar-refractivity contribution in [2.75, 3.05) is 13.1 Å². The molecule has 0 unspecified atom stereocenters. The Labute approximate surface area is 101 Å². The lowest BCUT2D eigenvalue weighted by molar-refractivity contribution is -0.122. The van der Waals surface area contributed by atoms with Gasteiger partial charge in [0.25, 0.3) is 0 Å². The van der Waals surface area contributed by atoms with Gasteiger partial charge in [-0.3, -0.25) is 4.79 Å². The van der Waals surface area contributed by atoms with E-state index >= 15 is 0 Å². The summed E-state index contributed by atoms with van der Waals surface area (Å²) in [6.07, 6.45) is 5.83. The van der Waals surface area contributed by atoms with Crippen LogP contribution >= 0.6 is 0 Å². The molecule has 0 aromatic heterocycles. The zero-order valence-electron chi connectivity index (χ0n) is 9.85. The van der Waals surface area contributed by atoms with E-state index in [1.54, 1.807) is 6.20 Å². The first-order valence-corrected chi connectivity index (χ1v) is 6.14. The molecule has 17 heavy (non-hydrogen) atoms. The monoisotopic (exact) mass is 236 g/mol. The van der Waals surface area contributed by atoms with E-state index in [4.69, 9.17) is 0 Å². The van der Waals surface area contributed by atoms with Gasteiger partial charge in [0.05, 0.1) is 11.9 Å². The highest BCUT2D eigenvalue weighted by molar-refractivity contribution is 5.76. The quantitative estimate of drug-likeness (QED) is 0.742. The Morgan fingerprint density at radius 3 is 3.00 bits per heavy atom. The standard InChI is InChI=1S/C11H18N5O/c17-11(14-9-4-6-12-7-5-9)3-1-2-10-8-13-16-15-10/h8-9,12H,1-7H2,(H,14,17). The molecule has 1 radical (unpaired) electrons. The van der Waals surface area contributed by atoms with Gasteiger partial charge in [0, 0.05) is 12.5 Å². The van der Waals surface area contributed by atoms with Crippen LogP contribution in [-0.4, -0.2) is 25.0 Å². The number of carbonyl (C=O) groups excluding carboxylic acids is 1. The third-order valence-corrected chi connectivity index (χ3v) is 2.97. The largest absolute Gasteiger partial charge is 0.353 e. The first kappa shape index (κ1) is 12.0. The summed E-state index contributed by atoms with van der Waals surface area (Å²) in [4.78, 5) is 11.7. The van der Waals surface area contributed by atoms with Crippen LogP contribution in [0.5, 0.6) is 0 Å². The molecule has 2 aliphatic rings. The third kappa shape index (κ3) is 4.14. The molecule has 0 spiro atoms. The van der Waals surface area contributed by atoms with E-state index in [1.165, 1.54) is 0 Å². The highest BCUT2D eigenvalue weighted by Crippen LogP contribution is 2.12. The molecule has 0 saturated carbocycles. The number of allylic oxidation sites excluding steroid dienone is 1. The molecule has 2 rings (SSSR count). The first-order chi connectivity index (χ1) is 8.34. The Kier molecular flexibility index (Phi) is 4.49. The van der Waals surface area contributed by atoms with Gasteiger partial charge < -0.3 is 10.6 Å². The number of nitrogens with one attached hydrogen (secondary N) is 2. The second-order valence-corrected chi connectivity index (χ2v) is 4.37. The van der Waals surface area contributed by atoms with Crippen LogP contribution in [0.15, 0.2) is 22.2 Å². The van der Waals surface area contributed by atoms with Crippen LogP contribution in [0.1, 0.15) is 32.1 Å². The number of rotatable bonds is 5. The van der Waals surface area contributed by atoms with Crippen molar-refractivity contribution in [3.8, 4) is 0 Å². The van der Waals surface area contributed by atoms with Gasteiger partial charge in [0.1, 0.15) is 0 Å². The van der Waals surface area contributed by atoms with Gasteiger partial charge in [0.2, 0.25) is 5.91 Å². The second-order valence-electron chi connectivity index (χ2n) is 4.37. The van der Waals surface area contributed by atoms with Crippen molar-refractivity contribution >= 4 is 5.91 Å². The fraction of sp³-hybridized carbons (Fsp3) is 0.727. The predicted octanol–water partition coefficient (Wildman–Crippen LogP) is 0.851. The molecule has 2 aliphatic heterocycles. The van der Waals surface area contributed by atoms with E-state index in [9.17, 15) is 4.79 Å². The minimum absolute atomic E-state index is 0.143. The summed E-state index contributed by atoms with van der Waals surface area (Å²) in [5.74, 6) is 0.143. The van der Waals surface area contributed by atoms with Crippen molar-refractivity contribution in [3.63, 3.8) is 0 Å². The summed E-state index contributed by atoms with van der Waals surface area (Å²) in [6.45, 7) is 2.00. The second kappa shape index (κ2) is 6.34. The van der Waals surface area contributed by atoms with Crippen molar-refractivity contribution in [2.24, 2.45) is 10.3 Å². The minimum Gasteiger partial charge on any atom is -0.353 e. The molecule has 6 heteroatoms. The van der Waals surface area contributed by atoms with Crippen LogP contribution in [0.4, 0.5) is 0 Å². The molecule has 0 bridgehead atoms. The Hall–Kier alpha value is -1.43. The molecule has 6 nitrogen and oxygen atoms in total. The van der Waals surface area contributed by atoms with Gasteiger partial charge in [0.15, 0.2) is 0 Å². The lowest BCUT2D eigenvalue weighted by atomic mass is 10.1. The number of nitrogens with zero attached hydrogens (tertiary/aromatic N) is 3. The molecule has 1 amide bonds. The fourth-order valence-corrected chi connectivity index (χ4v) is 2.01. The van der Waals surface area contributed by atoms with Crippen molar-refractivity contribution in [1.82, 2.24) is 16.1 Å². The smallest absolute Gasteiger partial charge is 0.220 e. The van der Waals surface area contributed by atoms with E-state index < -0.39 is 0 Å². The maximum atomic E-state index is 11.7. The Balaban J connectivity index is 1.58. The number of hydrogen-bond donors (Lipinski definition) is 2. The molecule has 0 aliphatic carbocycles. The highest BCUT2D eigenvalue weighted by Gasteiger charge is 2.15. The Morgan fingerprint density at radius 2 is 2.29 bits per heavy atom. The molecule has 2 N–H and O–H groups in total.